The average molecular weight is 350 g/mol. The molecule has 3 aromatic rings. The molecule has 0 aliphatic heterocycles. The highest BCUT2D eigenvalue weighted by atomic mass is 16.2. The number of pyridine rings is 1. The number of para-hydroxylation sites is 1. The van der Waals surface area contributed by atoms with Crippen LogP contribution < -0.4 is 10.7 Å². The second kappa shape index (κ2) is 6.78. The number of aromatic amines is 1. The predicted octanol–water partition coefficient (Wildman–Crippen LogP) is 3.08. The Morgan fingerprint density at radius 2 is 1.92 bits per heavy atom. The van der Waals surface area contributed by atoms with Gasteiger partial charge in [0.2, 0.25) is 5.43 Å². The Labute approximate surface area is 151 Å². The molecule has 0 saturated heterocycles. The molecule has 6 nitrogen and oxygen atoms in total. The minimum Gasteiger partial charge on any atom is -0.349 e. The summed E-state index contributed by atoms with van der Waals surface area (Å²) in [5.41, 5.74) is 1.96. The summed E-state index contributed by atoms with van der Waals surface area (Å²) < 4.78 is 1.70. The quantitative estimate of drug-likeness (QED) is 0.762. The molecule has 0 unspecified atom stereocenters. The van der Waals surface area contributed by atoms with Crippen molar-refractivity contribution in [3.63, 3.8) is 0 Å². The zero-order valence-corrected chi connectivity index (χ0v) is 14.8. The fourth-order valence-corrected chi connectivity index (χ4v) is 3.71. The number of rotatable bonds is 3. The number of aryl methyl sites for hydroxylation is 1. The second-order valence-electron chi connectivity index (χ2n) is 6.90. The van der Waals surface area contributed by atoms with E-state index < -0.39 is 0 Å². The van der Waals surface area contributed by atoms with Gasteiger partial charge in [-0.05, 0) is 31.9 Å². The number of carbonyl (C=O) groups excluding carboxylic acids is 1. The minimum atomic E-state index is -0.299. The van der Waals surface area contributed by atoms with Crippen molar-refractivity contribution in [1.82, 2.24) is 20.1 Å². The summed E-state index contributed by atoms with van der Waals surface area (Å²) >= 11 is 0. The lowest BCUT2D eigenvalue weighted by Gasteiger charge is -2.22. The molecule has 1 aromatic carbocycles. The van der Waals surface area contributed by atoms with Crippen LogP contribution in [0.5, 0.6) is 0 Å². The highest BCUT2D eigenvalue weighted by Gasteiger charge is 2.21. The Morgan fingerprint density at radius 3 is 2.65 bits per heavy atom. The van der Waals surface area contributed by atoms with Crippen molar-refractivity contribution in [3.8, 4) is 5.69 Å². The molecule has 2 aromatic heterocycles. The molecule has 26 heavy (non-hydrogen) atoms. The maximum absolute atomic E-state index is 12.9. The summed E-state index contributed by atoms with van der Waals surface area (Å²) in [5.74, 6) is -0.299. The van der Waals surface area contributed by atoms with Gasteiger partial charge in [-0.15, -0.1) is 0 Å². The third-order valence-corrected chi connectivity index (χ3v) is 5.07. The van der Waals surface area contributed by atoms with Crippen LogP contribution in [0.3, 0.4) is 0 Å². The topological polar surface area (TPSA) is 79.8 Å². The van der Waals surface area contributed by atoms with Crippen LogP contribution in [-0.2, 0) is 0 Å². The Hall–Kier alpha value is -2.89. The van der Waals surface area contributed by atoms with Gasteiger partial charge in [-0.25, -0.2) is 4.68 Å². The highest BCUT2D eigenvalue weighted by molar-refractivity contribution is 5.97. The molecule has 0 spiro atoms. The summed E-state index contributed by atoms with van der Waals surface area (Å²) in [6.07, 6.45) is 6.94. The zero-order valence-electron chi connectivity index (χ0n) is 14.8. The lowest BCUT2D eigenvalue weighted by molar-refractivity contribution is 0.0926. The first kappa shape index (κ1) is 16.6. The van der Waals surface area contributed by atoms with Crippen molar-refractivity contribution in [3.05, 3.63) is 58.0 Å². The average Bonchev–Trinajstić information content (AvgIpc) is 3.01. The molecule has 1 aliphatic carbocycles. The first-order chi connectivity index (χ1) is 12.6. The van der Waals surface area contributed by atoms with Gasteiger partial charge in [0.05, 0.1) is 16.8 Å². The van der Waals surface area contributed by atoms with Crippen molar-refractivity contribution in [2.24, 2.45) is 0 Å². The summed E-state index contributed by atoms with van der Waals surface area (Å²) in [5, 5.41) is 7.97. The first-order valence-corrected chi connectivity index (χ1v) is 9.12. The van der Waals surface area contributed by atoms with Crippen LogP contribution in [0.25, 0.3) is 16.7 Å². The fourth-order valence-electron chi connectivity index (χ4n) is 3.71. The number of H-pyrrole nitrogens is 1. The van der Waals surface area contributed by atoms with Crippen molar-refractivity contribution in [2.45, 2.75) is 45.1 Å². The number of carbonyl (C=O) groups is 1. The van der Waals surface area contributed by atoms with Gasteiger partial charge in [-0.2, -0.15) is 5.10 Å². The van der Waals surface area contributed by atoms with E-state index in [0.29, 0.717) is 16.7 Å². The molecule has 6 heteroatoms. The largest absolute Gasteiger partial charge is 0.349 e. The van der Waals surface area contributed by atoms with Crippen LogP contribution in [-0.4, -0.2) is 26.7 Å². The van der Waals surface area contributed by atoms with Gasteiger partial charge in [0.15, 0.2) is 0 Å². The summed E-state index contributed by atoms with van der Waals surface area (Å²) in [6.45, 7) is 1.79. The van der Waals surface area contributed by atoms with Crippen LogP contribution in [0, 0.1) is 6.92 Å². The standard InChI is InChI=1S/C20H22N4O2/c1-13-17-18(25)16(20(26)22-14-8-4-2-5-9-14)12-21-19(17)24(23-13)15-10-6-3-7-11-15/h3,6-7,10-12,14H,2,4-5,8-9H2,1H3,(H,21,25)(H,22,26). The van der Waals surface area contributed by atoms with Crippen molar-refractivity contribution in [2.75, 3.05) is 0 Å². The summed E-state index contributed by atoms with van der Waals surface area (Å²) in [6, 6.07) is 9.78. The van der Waals surface area contributed by atoms with Crippen LogP contribution >= 0.6 is 0 Å². The van der Waals surface area contributed by atoms with Gasteiger partial charge in [0.1, 0.15) is 11.2 Å². The molecule has 0 atom stereocenters. The van der Waals surface area contributed by atoms with E-state index in [4.69, 9.17) is 0 Å². The number of benzene rings is 1. The molecule has 1 aliphatic rings. The maximum Gasteiger partial charge on any atom is 0.256 e. The van der Waals surface area contributed by atoms with E-state index in [1.807, 2.05) is 30.3 Å². The molecule has 2 heterocycles. The smallest absolute Gasteiger partial charge is 0.256 e. The summed E-state index contributed by atoms with van der Waals surface area (Å²) in [4.78, 5) is 28.7. The van der Waals surface area contributed by atoms with E-state index in [0.717, 1.165) is 31.4 Å². The SMILES string of the molecule is Cc1nn(-c2ccccc2)c2[nH]cc(C(=O)NC3CCCCC3)c(=O)c12. The highest BCUT2D eigenvalue weighted by Crippen LogP contribution is 2.19. The lowest BCUT2D eigenvalue weighted by atomic mass is 9.95. The van der Waals surface area contributed by atoms with E-state index in [9.17, 15) is 9.59 Å². The van der Waals surface area contributed by atoms with Gasteiger partial charge < -0.3 is 10.3 Å². The molecule has 0 radical (unpaired) electrons. The van der Waals surface area contributed by atoms with Crippen LogP contribution in [0.15, 0.2) is 41.3 Å². The fraction of sp³-hybridized carbons (Fsp3) is 0.350. The van der Waals surface area contributed by atoms with Crippen LogP contribution in [0.4, 0.5) is 0 Å². The molecule has 4 rings (SSSR count). The van der Waals surface area contributed by atoms with Gasteiger partial charge in [0, 0.05) is 12.2 Å². The molecule has 1 fully saturated rings. The van der Waals surface area contributed by atoms with Gasteiger partial charge in [-0.1, -0.05) is 37.5 Å². The van der Waals surface area contributed by atoms with Crippen molar-refractivity contribution >= 4 is 16.9 Å². The van der Waals surface area contributed by atoms with Gasteiger partial charge >= 0.3 is 0 Å². The third-order valence-electron chi connectivity index (χ3n) is 5.07. The maximum atomic E-state index is 12.9. The minimum absolute atomic E-state index is 0.152. The van der Waals surface area contributed by atoms with Gasteiger partial charge in [-0.3, -0.25) is 9.59 Å². The Bertz CT molecular complexity index is 998. The zero-order chi connectivity index (χ0) is 18.1. The number of nitrogens with one attached hydrogen (secondary N) is 2. The van der Waals surface area contributed by atoms with E-state index in [1.165, 1.54) is 12.6 Å². The monoisotopic (exact) mass is 350 g/mol. The molecule has 134 valence electrons. The molecule has 2 N–H and O–H groups in total. The molecular weight excluding hydrogens is 328 g/mol. The first-order valence-electron chi connectivity index (χ1n) is 9.12. The Morgan fingerprint density at radius 1 is 1.19 bits per heavy atom. The molecule has 1 saturated carbocycles. The van der Waals surface area contributed by atoms with E-state index in [1.54, 1.807) is 11.6 Å². The lowest BCUT2D eigenvalue weighted by Crippen LogP contribution is -2.38. The van der Waals surface area contributed by atoms with Crippen molar-refractivity contribution < 1.29 is 4.79 Å². The van der Waals surface area contributed by atoms with E-state index in [2.05, 4.69) is 15.4 Å². The predicted molar refractivity (Wildman–Crippen MR) is 101 cm³/mol. The third kappa shape index (κ3) is 2.92. The molecule has 0 bridgehead atoms. The molecule has 1 amide bonds. The number of aromatic nitrogens is 3. The number of nitrogens with zero attached hydrogens (tertiary/aromatic N) is 2. The Balaban J connectivity index is 1.72. The van der Waals surface area contributed by atoms with Crippen LogP contribution in [0.2, 0.25) is 0 Å². The van der Waals surface area contributed by atoms with E-state index >= 15 is 0 Å². The molecular formula is C20H22N4O2. The summed E-state index contributed by atoms with van der Waals surface area (Å²) in [7, 11) is 0. The normalized spacial score (nSPS) is 15.3. The van der Waals surface area contributed by atoms with E-state index in [-0.39, 0.29) is 22.9 Å². The Kier molecular flexibility index (Phi) is 4.32. The second-order valence-corrected chi connectivity index (χ2v) is 6.90. The number of hydrogen-bond acceptors (Lipinski definition) is 3. The number of amides is 1. The van der Waals surface area contributed by atoms with Gasteiger partial charge in [0.25, 0.3) is 5.91 Å². The number of hydrogen-bond donors (Lipinski definition) is 2. The number of fused-ring (bicyclic) bond motifs is 1. The van der Waals surface area contributed by atoms with Crippen molar-refractivity contribution in [1.29, 1.82) is 0 Å². The van der Waals surface area contributed by atoms with Crippen LogP contribution in [0.1, 0.15) is 48.2 Å².